The van der Waals surface area contributed by atoms with E-state index < -0.39 is 11.9 Å². The van der Waals surface area contributed by atoms with Gasteiger partial charge in [-0.25, -0.2) is 9.59 Å². The fourth-order valence-electron chi connectivity index (χ4n) is 2.90. The Morgan fingerprint density at radius 3 is 1.88 bits per heavy atom. The van der Waals surface area contributed by atoms with E-state index in [0.29, 0.717) is 36.7 Å². The van der Waals surface area contributed by atoms with E-state index in [1.54, 1.807) is 18.5 Å². The van der Waals surface area contributed by atoms with Gasteiger partial charge in [-0.3, -0.25) is 15.1 Å². The average molecular weight is 431 g/mol. The molecule has 0 saturated heterocycles. The molecule has 1 aromatic rings. The lowest BCUT2D eigenvalue weighted by Crippen LogP contribution is -2.34. The summed E-state index contributed by atoms with van der Waals surface area (Å²) in [4.78, 5) is 29.4. The number of esters is 2. The van der Waals surface area contributed by atoms with Crippen molar-refractivity contribution in [3.8, 4) is 0 Å². The second-order valence-electron chi connectivity index (χ2n) is 5.40. The highest BCUT2D eigenvalue weighted by Crippen LogP contribution is 2.26. The number of guanidine groups is 1. The largest absolute Gasteiger partial charge is 0.462 e. The van der Waals surface area contributed by atoms with Crippen LogP contribution in [-0.4, -0.2) is 48.9 Å². The molecule has 9 heteroatoms. The van der Waals surface area contributed by atoms with Gasteiger partial charge in [-0.1, -0.05) is 13.8 Å². The molecule has 8 nitrogen and oxygen atoms in total. The maximum atomic E-state index is 12.6. The number of nitrogens with zero attached hydrogens (tertiary/aromatic N) is 2. The standard InChI is InChI=1S/C17H26N4O4.BrH/c1-5-11-13(15(22)24-7-3)14(16(23)25-8-4)12(6-2)21(11)20-17-18-9-10-19-17;/h5-10H2,1-4H3,(H2,18,19,20);1H. The maximum Gasteiger partial charge on any atom is 0.340 e. The van der Waals surface area contributed by atoms with Gasteiger partial charge in [0, 0.05) is 6.54 Å². The molecule has 0 amide bonds. The number of nitrogens with one attached hydrogen (secondary N) is 2. The smallest absolute Gasteiger partial charge is 0.340 e. The van der Waals surface area contributed by atoms with Crippen molar-refractivity contribution in [1.82, 2.24) is 9.99 Å². The van der Waals surface area contributed by atoms with Crippen molar-refractivity contribution in [3.05, 3.63) is 22.5 Å². The summed E-state index contributed by atoms with van der Waals surface area (Å²) in [5, 5.41) is 3.13. The number of carbonyl (C=O) groups is 2. The van der Waals surface area contributed by atoms with Gasteiger partial charge >= 0.3 is 11.9 Å². The number of rotatable bonds is 7. The fourth-order valence-corrected chi connectivity index (χ4v) is 2.90. The van der Waals surface area contributed by atoms with Crippen molar-refractivity contribution in [1.29, 1.82) is 0 Å². The molecule has 0 fully saturated rings. The lowest BCUT2D eigenvalue weighted by Gasteiger charge is -2.15. The Hall–Kier alpha value is -2.03. The molecule has 1 aromatic heterocycles. The Balaban J connectivity index is 0.00000338. The number of aromatic nitrogens is 1. The molecule has 146 valence electrons. The van der Waals surface area contributed by atoms with Crippen LogP contribution in [0, 0.1) is 0 Å². The van der Waals surface area contributed by atoms with Gasteiger partial charge in [0.2, 0.25) is 5.96 Å². The van der Waals surface area contributed by atoms with Crippen molar-refractivity contribution < 1.29 is 19.1 Å². The van der Waals surface area contributed by atoms with Gasteiger partial charge in [-0.2, -0.15) is 0 Å². The highest BCUT2D eigenvalue weighted by atomic mass is 79.9. The van der Waals surface area contributed by atoms with Gasteiger partial charge in [-0.15, -0.1) is 17.0 Å². The molecule has 2 rings (SSSR count). The molecule has 0 saturated carbocycles. The van der Waals surface area contributed by atoms with Crippen LogP contribution < -0.4 is 10.7 Å². The molecule has 0 aromatic carbocycles. The van der Waals surface area contributed by atoms with Crippen LogP contribution in [0.1, 0.15) is 59.8 Å². The number of hydrogen-bond donors (Lipinski definition) is 2. The van der Waals surface area contributed by atoms with Crippen LogP contribution in [0.5, 0.6) is 0 Å². The average Bonchev–Trinajstić information content (AvgIpc) is 3.20. The van der Waals surface area contributed by atoms with Gasteiger partial charge in [0.15, 0.2) is 0 Å². The maximum absolute atomic E-state index is 12.6. The minimum Gasteiger partial charge on any atom is -0.462 e. The van der Waals surface area contributed by atoms with Gasteiger partial charge < -0.3 is 14.8 Å². The second kappa shape index (κ2) is 10.2. The van der Waals surface area contributed by atoms with Crippen molar-refractivity contribution in [3.63, 3.8) is 0 Å². The lowest BCUT2D eigenvalue weighted by atomic mass is 10.1. The zero-order chi connectivity index (χ0) is 18.4. The third kappa shape index (κ3) is 4.38. The van der Waals surface area contributed by atoms with Gasteiger partial charge in [0.25, 0.3) is 0 Å². The minimum atomic E-state index is -0.515. The zero-order valence-corrected chi connectivity index (χ0v) is 17.4. The highest BCUT2D eigenvalue weighted by Gasteiger charge is 2.32. The monoisotopic (exact) mass is 430 g/mol. The van der Waals surface area contributed by atoms with Gasteiger partial charge in [-0.05, 0) is 26.7 Å². The van der Waals surface area contributed by atoms with E-state index in [4.69, 9.17) is 9.47 Å². The summed E-state index contributed by atoms with van der Waals surface area (Å²) in [7, 11) is 0. The van der Waals surface area contributed by atoms with Crippen LogP contribution in [0.2, 0.25) is 0 Å². The molecule has 26 heavy (non-hydrogen) atoms. The number of carbonyl (C=O) groups excluding carboxylic acids is 2. The Labute approximate surface area is 164 Å². The quantitative estimate of drug-likeness (QED) is 0.642. The number of aliphatic imine (C=N–C) groups is 1. The molecule has 1 aliphatic rings. The van der Waals surface area contributed by atoms with E-state index in [1.165, 1.54) is 0 Å². The molecule has 0 bridgehead atoms. The predicted molar refractivity (Wildman–Crippen MR) is 105 cm³/mol. The Kier molecular flexibility index (Phi) is 8.64. The minimum absolute atomic E-state index is 0. The Morgan fingerprint density at radius 1 is 1.04 bits per heavy atom. The normalized spacial score (nSPS) is 12.7. The topological polar surface area (TPSA) is 94.0 Å². The van der Waals surface area contributed by atoms with Crippen molar-refractivity contribution in [2.45, 2.75) is 40.5 Å². The van der Waals surface area contributed by atoms with Crippen molar-refractivity contribution in [2.24, 2.45) is 4.99 Å². The van der Waals surface area contributed by atoms with E-state index in [2.05, 4.69) is 15.7 Å². The molecular formula is C17H27BrN4O4. The molecular weight excluding hydrogens is 404 g/mol. The summed E-state index contributed by atoms with van der Waals surface area (Å²) in [6.45, 7) is 9.23. The Bertz CT molecular complexity index is 641. The second-order valence-corrected chi connectivity index (χ2v) is 5.40. The van der Waals surface area contributed by atoms with Crippen LogP contribution in [0.15, 0.2) is 4.99 Å². The van der Waals surface area contributed by atoms with E-state index in [1.807, 2.05) is 13.8 Å². The van der Waals surface area contributed by atoms with Crippen LogP contribution >= 0.6 is 17.0 Å². The zero-order valence-electron chi connectivity index (χ0n) is 15.7. The predicted octanol–water partition coefficient (Wildman–Crippen LogP) is 2.05. The highest BCUT2D eigenvalue weighted by molar-refractivity contribution is 8.93. The third-order valence-electron chi connectivity index (χ3n) is 3.89. The molecule has 0 aliphatic carbocycles. The molecule has 0 radical (unpaired) electrons. The summed E-state index contributed by atoms with van der Waals surface area (Å²) in [5.41, 5.74) is 5.06. The van der Waals surface area contributed by atoms with Crippen LogP contribution in [0.25, 0.3) is 0 Å². The first-order valence-electron chi connectivity index (χ1n) is 8.74. The van der Waals surface area contributed by atoms with E-state index in [9.17, 15) is 9.59 Å². The number of hydrogen-bond acceptors (Lipinski definition) is 7. The third-order valence-corrected chi connectivity index (χ3v) is 3.89. The number of halogens is 1. The van der Waals surface area contributed by atoms with Crippen LogP contribution in [0.4, 0.5) is 0 Å². The van der Waals surface area contributed by atoms with Gasteiger partial charge in [0.05, 0.1) is 42.3 Å². The SMILES string of the molecule is Br.CCOC(=O)c1c(C(=O)OCC)c(CC)n(NC2=NCCN2)c1CC. The lowest BCUT2D eigenvalue weighted by molar-refractivity contribution is 0.0478. The molecule has 0 atom stereocenters. The van der Waals surface area contributed by atoms with Crippen molar-refractivity contribution >= 4 is 34.9 Å². The summed E-state index contributed by atoms with van der Waals surface area (Å²) in [5.74, 6) is -0.414. The van der Waals surface area contributed by atoms with E-state index >= 15 is 0 Å². The summed E-state index contributed by atoms with van der Waals surface area (Å²) in [6, 6.07) is 0. The first kappa shape index (κ1) is 22.0. The fraction of sp³-hybridized carbons (Fsp3) is 0.588. The summed E-state index contributed by atoms with van der Waals surface area (Å²) in [6.07, 6.45) is 1.08. The number of ether oxygens (including phenoxy) is 2. The molecule has 0 spiro atoms. The van der Waals surface area contributed by atoms with Crippen LogP contribution in [-0.2, 0) is 22.3 Å². The van der Waals surface area contributed by atoms with Crippen molar-refractivity contribution in [2.75, 3.05) is 31.7 Å². The molecule has 2 heterocycles. The summed E-state index contributed by atoms with van der Waals surface area (Å²) >= 11 is 0. The summed E-state index contributed by atoms with van der Waals surface area (Å²) < 4.78 is 12.1. The molecule has 2 N–H and O–H groups in total. The first-order valence-corrected chi connectivity index (χ1v) is 8.74. The van der Waals surface area contributed by atoms with E-state index in [-0.39, 0.29) is 41.3 Å². The van der Waals surface area contributed by atoms with Crippen LogP contribution in [0.3, 0.4) is 0 Å². The van der Waals surface area contributed by atoms with Gasteiger partial charge in [0.1, 0.15) is 0 Å². The van der Waals surface area contributed by atoms with E-state index in [0.717, 1.165) is 6.54 Å². The molecule has 0 unspecified atom stereocenters. The molecule has 1 aliphatic heterocycles. The Morgan fingerprint density at radius 2 is 1.54 bits per heavy atom. The first-order chi connectivity index (χ1) is 12.1.